The predicted molar refractivity (Wildman–Crippen MR) is 334 cm³/mol. The van der Waals surface area contributed by atoms with E-state index in [0.29, 0.717) is 52.5 Å². The maximum absolute atomic E-state index is 14.8. The molecule has 1 amide bonds. The van der Waals surface area contributed by atoms with Crippen LogP contribution in [0.2, 0.25) is 10.0 Å². The second kappa shape index (κ2) is 37.2. The van der Waals surface area contributed by atoms with Gasteiger partial charge in [0, 0.05) is 30.3 Å². The first-order valence-electron chi connectivity index (χ1n) is 25.2. The molecule has 84 heavy (non-hydrogen) atoms. The van der Waals surface area contributed by atoms with Gasteiger partial charge in [0.2, 0.25) is 20.0 Å². The lowest BCUT2D eigenvalue weighted by atomic mass is 10.1. The molecule has 0 bridgehead atoms. The van der Waals surface area contributed by atoms with Crippen molar-refractivity contribution in [3.63, 3.8) is 0 Å². The van der Waals surface area contributed by atoms with E-state index < -0.39 is 63.8 Å². The topological polar surface area (TPSA) is 364 Å². The average molecular weight is 1340 g/mol. The first-order chi connectivity index (χ1) is 39.1. The molecule has 6 aromatic rings. The van der Waals surface area contributed by atoms with E-state index in [4.69, 9.17) is 46.3 Å². The lowest BCUT2D eigenvalue weighted by Gasteiger charge is -2.13. The van der Waals surface area contributed by atoms with Crippen molar-refractivity contribution in [3.05, 3.63) is 155 Å². The minimum atomic E-state index is -3.72. The molecule has 460 valence electrons. The van der Waals surface area contributed by atoms with E-state index in [2.05, 4.69) is 75.7 Å². The molecule has 0 saturated carbocycles. The molecule has 2 aromatic carbocycles. The Kier molecular flexibility index (Phi) is 33.2. The molecular weight excluding hydrogens is 1270 g/mol. The molecular formula is C52H68BrCl3F2N14O10S2. The summed E-state index contributed by atoms with van der Waals surface area (Å²) in [5, 5.41) is 30.8. The van der Waals surface area contributed by atoms with E-state index in [1.165, 1.54) is 55.0 Å². The summed E-state index contributed by atoms with van der Waals surface area (Å²) in [6, 6.07) is 18.9. The number of carbonyl (C=O) groups is 2. The molecule has 0 saturated heterocycles. The highest BCUT2D eigenvalue weighted by Gasteiger charge is 2.23. The zero-order chi connectivity index (χ0) is 64.1. The summed E-state index contributed by atoms with van der Waals surface area (Å²) in [5.41, 5.74) is 9.94. The first kappa shape index (κ1) is 74.9. The van der Waals surface area contributed by atoms with Crippen LogP contribution in [0.15, 0.2) is 102 Å². The number of nitrogens with one attached hydrogen (secondary N) is 6. The van der Waals surface area contributed by atoms with Crippen LogP contribution in [0.4, 0.5) is 60.4 Å². The van der Waals surface area contributed by atoms with Crippen LogP contribution in [0.25, 0.3) is 0 Å². The maximum Gasteiger partial charge on any atom is 0.287 e. The Hall–Kier alpha value is -7.15. The number of halogens is 6. The zero-order valence-corrected chi connectivity index (χ0v) is 52.9. The van der Waals surface area contributed by atoms with E-state index in [0.717, 1.165) is 11.9 Å². The molecule has 10 N–H and O–H groups in total. The summed E-state index contributed by atoms with van der Waals surface area (Å²) in [5.74, 6) is -1.11. The molecule has 0 aliphatic carbocycles. The fourth-order valence-electron chi connectivity index (χ4n) is 5.81. The number of hydrogen-bond donors (Lipinski definition) is 8. The third-order valence-electron chi connectivity index (χ3n) is 9.08. The van der Waals surface area contributed by atoms with E-state index in [1.807, 2.05) is 58.4 Å². The lowest BCUT2D eigenvalue weighted by Crippen LogP contribution is -2.20. The molecule has 4 aromatic heterocycles. The minimum absolute atomic E-state index is 0.00296. The summed E-state index contributed by atoms with van der Waals surface area (Å²) >= 11 is 19.8. The Morgan fingerprint density at radius 1 is 0.607 bits per heavy atom. The number of pyridine rings is 4. The number of hydrogen-bond acceptors (Lipinski definition) is 19. The molecule has 24 nitrogen and oxygen atoms in total. The summed E-state index contributed by atoms with van der Waals surface area (Å²) < 4.78 is 80.1. The highest BCUT2D eigenvalue weighted by molar-refractivity contribution is 9.10. The molecule has 0 unspecified atom stereocenters. The van der Waals surface area contributed by atoms with Crippen molar-refractivity contribution in [3.8, 4) is 0 Å². The number of nitrogen functional groups attached to an aromatic ring is 1. The fraction of sp³-hybridized carbons (Fsp3) is 0.346. The van der Waals surface area contributed by atoms with Gasteiger partial charge in [0.15, 0.2) is 11.6 Å². The monoisotopic (exact) mass is 1330 g/mol. The van der Waals surface area contributed by atoms with E-state index in [-0.39, 0.29) is 56.4 Å². The number of nitrogens with two attached hydrogens (primary N) is 2. The third kappa shape index (κ3) is 29.9. The molecule has 32 heteroatoms. The van der Waals surface area contributed by atoms with Crippen LogP contribution < -0.4 is 42.2 Å². The quantitative estimate of drug-likeness (QED) is 0.0162. The third-order valence-corrected chi connectivity index (χ3v) is 13.3. The normalized spacial score (nSPS) is 10.6. The number of sulfonamides is 2. The number of nitro groups is 2. The second-order valence-corrected chi connectivity index (χ2v) is 24.1. The van der Waals surface area contributed by atoms with Gasteiger partial charge in [-0.15, -0.1) is 0 Å². The van der Waals surface area contributed by atoms with Gasteiger partial charge in [-0.1, -0.05) is 50.9 Å². The van der Waals surface area contributed by atoms with Crippen molar-refractivity contribution in [2.24, 2.45) is 5.73 Å². The highest BCUT2D eigenvalue weighted by atomic mass is 79.9. The predicted octanol–water partition coefficient (Wildman–Crippen LogP) is 12.5. The van der Waals surface area contributed by atoms with Crippen molar-refractivity contribution >= 4 is 134 Å². The fourth-order valence-corrected chi connectivity index (χ4v) is 9.00. The summed E-state index contributed by atoms with van der Waals surface area (Å²) in [4.78, 5) is 58.7. The zero-order valence-electron chi connectivity index (χ0n) is 47.4. The number of anilines is 7. The van der Waals surface area contributed by atoms with E-state index in [9.17, 15) is 55.4 Å². The molecule has 0 spiro atoms. The van der Waals surface area contributed by atoms with Gasteiger partial charge < -0.3 is 32.7 Å². The van der Waals surface area contributed by atoms with Crippen molar-refractivity contribution < 1.29 is 45.1 Å². The van der Waals surface area contributed by atoms with E-state index in [1.54, 1.807) is 38.2 Å². The SMILES string of the molecule is CC(C)N.CC(C)Nc1ccc(N)cn1.CC(C)Nc1ccc([N+](=O)[O-])cn1.CCCS(=O)(=O)Nc1ccc(Cl)c(C(=O)Cl)c1F.CCCS(=O)(=O)Nc1ccc(Cl)c(C(=O)Nc2ccc(NC(C)C)nc2)c1F.O=[N+]([O-])c1ccc(Br)nc1. The van der Waals surface area contributed by atoms with Crippen LogP contribution in [0, 0.1) is 31.9 Å². The standard InChI is InChI=1S/C18H22ClFN4O3S.C10H10Cl2FNO3S.C8H11N3O2.C8H13N3.C5H3BrN2O2.C3H9N/c1-4-9-28(26,27)24-14-7-6-13(19)16(17(14)20)18(25)23-12-5-8-15(21-10-12)22-11(2)3;1-2-5-18(16,17)14-7-4-3-6(11)8(9(7)13)10(12)15;1-6(2)10-8-4-3-7(5-9-8)11(12)13;1-6(2)11-8-4-3-7(9)5-10-8;6-5-2-1-4(3-7-5)8(9)10;1-3(2)4/h5-8,10-11,24H,4,9H2,1-3H3,(H,21,22)(H,23,25);3-4,14H,2,5H2,1H3;3-6H,1-2H3,(H,9,10);3-6H,9H2,1-2H3,(H,10,11);1-3H;3H,4H2,1-2H3. The second-order valence-electron chi connectivity index (χ2n) is 18.4. The molecule has 0 radical (unpaired) electrons. The van der Waals surface area contributed by atoms with Crippen molar-refractivity contribution in [2.75, 3.05) is 48.0 Å². The minimum Gasteiger partial charge on any atom is -0.397 e. The van der Waals surface area contributed by atoms with Gasteiger partial charge in [-0.3, -0.25) is 39.3 Å². The van der Waals surface area contributed by atoms with Crippen LogP contribution in [-0.4, -0.2) is 93.4 Å². The van der Waals surface area contributed by atoms with Crippen LogP contribution in [0.3, 0.4) is 0 Å². The Labute approximate surface area is 510 Å². The van der Waals surface area contributed by atoms with Crippen molar-refractivity contribution in [2.45, 2.75) is 106 Å². The summed E-state index contributed by atoms with van der Waals surface area (Å²) in [6.07, 6.45) is 6.25. The Morgan fingerprint density at radius 3 is 1.32 bits per heavy atom. The van der Waals surface area contributed by atoms with Gasteiger partial charge in [-0.2, -0.15) is 0 Å². The molecule has 0 aliphatic rings. The molecule has 0 atom stereocenters. The van der Waals surface area contributed by atoms with Gasteiger partial charge >= 0.3 is 0 Å². The first-order valence-corrected chi connectivity index (χ1v) is 30.4. The molecule has 4 heterocycles. The number of rotatable bonds is 19. The van der Waals surface area contributed by atoms with Crippen LogP contribution in [0.5, 0.6) is 0 Å². The Balaban J connectivity index is 0.000000545. The smallest absolute Gasteiger partial charge is 0.287 e. The number of aromatic nitrogens is 4. The van der Waals surface area contributed by atoms with Crippen molar-refractivity contribution in [1.82, 2.24) is 19.9 Å². The lowest BCUT2D eigenvalue weighted by molar-refractivity contribution is -0.385. The number of carbonyl (C=O) groups excluding carboxylic acids is 2. The van der Waals surface area contributed by atoms with E-state index >= 15 is 0 Å². The van der Waals surface area contributed by atoms with Crippen molar-refractivity contribution in [1.29, 1.82) is 0 Å². The molecule has 0 aliphatic heterocycles. The summed E-state index contributed by atoms with van der Waals surface area (Å²) in [6.45, 7) is 19.3. The Morgan fingerprint density at radius 2 is 0.988 bits per heavy atom. The maximum atomic E-state index is 14.8. The van der Waals surface area contributed by atoms with Crippen LogP contribution >= 0.6 is 50.7 Å². The van der Waals surface area contributed by atoms with Gasteiger partial charge in [0.25, 0.3) is 22.5 Å². The van der Waals surface area contributed by atoms with Gasteiger partial charge in [-0.25, -0.2) is 45.6 Å². The van der Waals surface area contributed by atoms with Crippen LogP contribution in [-0.2, 0) is 20.0 Å². The molecule has 0 fully saturated rings. The number of amides is 1. The van der Waals surface area contributed by atoms with Crippen LogP contribution in [0.1, 0.15) is 103 Å². The molecule has 6 rings (SSSR count). The number of nitrogens with zero attached hydrogens (tertiary/aromatic N) is 6. The van der Waals surface area contributed by atoms with Gasteiger partial charge in [0.05, 0.1) is 77.7 Å². The van der Waals surface area contributed by atoms with Gasteiger partial charge in [-0.05, 0) is 149 Å². The summed E-state index contributed by atoms with van der Waals surface area (Å²) in [7, 11) is -7.37. The highest BCUT2D eigenvalue weighted by Crippen LogP contribution is 2.29. The largest absolute Gasteiger partial charge is 0.397 e. The average Bonchev–Trinajstić information content (AvgIpc) is 3.57. The number of benzene rings is 2. The Bertz CT molecular complexity index is 3290. The van der Waals surface area contributed by atoms with Gasteiger partial charge in [0.1, 0.15) is 34.5 Å².